The molecular weight excluding hydrogens is 421 g/mol. The molecule has 0 amide bonds. The molecule has 0 spiro atoms. The first-order valence-electron chi connectivity index (χ1n) is 6.11. The van der Waals surface area contributed by atoms with E-state index in [0.29, 0.717) is 5.02 Å². The summed E-state index contributed by atoms with van der Waals surface area (Å²) in [6.45, 7) is 0. The lowest BCUT2D eigenvalue weighted by molar-refractivity contribution is 0.469. The molecule has 0 unspecified atom stereocenters. The number of ether oxygens (including phenoxy) is 1. The van der Waals surface area contributed by atoms with Gasteiger partial charge in [0.25, 0.3) is 9.05 Å². The van der Waals surface area contributed by atoms with E-state index in [4.69, 9.17) is 44.4 Å². The van der Waals surface area contributed by atoms with E-state index in [1.54, 1.807) is 0 Å². The Morgan fingerprint density at radius 2 is 1.58 bits per heavy atom. The van der Waals surface area contributed by atoms with E-state index >= 15 is 0 Å². The van der Waals surface area contributed by atoms with Crippen LogP contribution < -0.4 is 10.5 Å². The second-order valence-corrected chi connectivity index (χ2v) is 10.1. The highest BCUT2D eigenvalue weighted by atomic mass is 35.7. The second-order valence-electron chi connectivity index (χ2n) is 4.69. The van der Waals surface area contributed by atoms with Crippen LogP contribution in [0.3, 0.4) is 0 Å². The van der Waals surface area contributed by atoms with Gasteiger partial charge in [-0.05, 0) is 30.3 Å². The number of rotatable bonds is 4. The van der Waals surface area contributed by atoms with Gasteiger partial charge in [-0.1, -0.05) is 23.2 Å². The van der Waals surface area contributed by atoms with Crippen LogP contribution in [0.1, 0.15) is 0 Å². The summed E-state index contributed by atoms with van der Waals surface area (Å²) < 4.78 is 52.5. The van der Waals surface area contributed by atoms with Crippen molar-refractivity contribution in [2.45, 2.75) is 9.79 Å². The molecular formula is C13H10Cl3NO5S2. The Morgan fingerprint density at radius 1 is 1.00 bits per heavy atom. The fraction of sp³-hybridized carbons (Fsp3) is 0.0769. The van der Waals surface area contributed by atoms with Gasteiger partial charge in [0.15, 0.2) is 15.6 Å². The fourth-order valence-corrected chi connectivity index (χ4v) is 4.08. The van der Waals surface area contributed by atoms with Gasteiger partial charge in [-0.2, -0.15) is 0 Å². The average molecular weight is 431 g/mol. The van der Waals surface area contributed by atoms with Gasteiger partial charge in [0.05, 0.1) is 10.7 Å². The number of nitrogen functional groups attached to an aromatic ring is 1. The molecule has 2 aromatic carbocycles. The van der Waals surface area contributed by atoms with Crippen molar-refractivity contribution in [2.75, 3.05) is 12.0 Å². The van der Waals surface area contributed by atoms with Crippen LogP contribution in [0.2, 0.25) is 10.0 Å². The molecule has 0 heterocycles. The number of hydrogen-bond donors (Lipinski definition) is 1. The van der Waals surface area contributed by atoms with Crippen molar-refractivity contribution >= 4 is 58.5 Å². The number of halogens is 3. The monoisotopic (exact) mass is 429 g/mol. The highest BCUT2D eigenvalue weighted by Gasteiger charge is 2.25. The lowest BCUT2D eigenvalue weighted by atomic mass is 10.3. The summed E-state index contributed by atoms with van der Waals surface area (Å²) in [5.74, 6) is -0.342. The molecule has 0 saturated carbocycles. The van der Waals surface area contributed by atoms with Gasteiger partial charge in [0.2, 0.25) is 0 Å². The zero-order valence-corrected chi connectivity index (χ0v) is 15.9. The third-order valence-electron chi connectivity index (χ3n) is 2.89. The smallest absolute Gasteiger partial charge is 0.263 e. The minimum absolute atomic E-state index is 0.0433. The van der Waals surface area contributed by atoms with E-state index < -0.39 is 29.5 Å². The molecule has 2 N–H and O–H groups in total. The zero-order valence-electron chi connectivity index (χ0n) is 12.0. The first-order chi connectivity index (χ1) is 10.9. The maximum atomic E-state index is 11.9. The quantitative estimate of drug-likeness (QED) is 0.586. The van der Waals surface area contributed by atoms with Crippen molar-refractivity contribution in [3.63, 3.8) is 0 Å². The van der Waals surface area contributed by atoms with Crippen LogP contribution in [-0.2, 0) is 18.9 Å². The summed E-state index contributed by atoms with van der Waals surface area (Å²) in [5, 5.41) is 0.418. The van der Waals surface area contributed by atoms with Gasteiger partial charge in [-0.25, -0.2) is 16.8 Å². The molecule has 0 aliphatic heterocycles. The molecule has 24 heavy (non-hydrogen) atoms. The van der Waals surface area contributed by atoms with Crippen LogP contribution >= 0.6 is 33.9 Å². The SMILES string of the molecule is CS(=O)(=O)c1ccc(S(=O)(=O)Cl)c(N)c1Oc1ccc(Cl)cc1Cl. The van der Waals surface area contributed by atoms with E-state index in [1.165, 1.54) is 18.2 Å². The Labute approximate surface area is 153 Å². The average Bonchev–Trinajstić information content (AvgIpc) is 2.40. The van der Waals surface area contributed by atoms with Crippen molar-refractivity contribution in [1.82, 2.24) is 0 Å². The third kappa shape index (κ3) is 4.07. The van der Waals surface area contributed by atoms with Crippen molar-refractivity contribution in [3.05, 3.63) is 40.4 Å². The van der Waals surface area contributed by atoms with Gasteiger partial charge in [-0.15, -0.1) is 0 Å². The van der Waals surface area contributed by atoms with E-state index in [-0.39, 0.29) is 21.4 Å². The van der Waals surface area contributed by atoms with Crippen molar-refractivity contribution in [1.29, 1.82) is 0 Å². The minimum atomic E-state index is -4.21. The molecule has 6 nitrogen and oxygen atoms in total. The van der Waals surface area contributed by atoms with Crippen LogP contribution in [0, 0.1) is 0 Å². The van der Waals surface area contributed by atoms with Gasteiger partial charge < -0.3 is 10.5 Å². The van der Waals surface area contributed by atoms with Gasteiger partial charge >= 0.3 is 0 Å². The van der Waals surface area contributed by atoms with E-state index in [9.17, 15) is 16.8 Å². The molecule has 0 saturated heterocycles. The molecule has 0 fully saturated rings. The standard InChI is InChI=1S/C13H10Cl3NO5S2/c1-23(18,19)11-5-4-10(24(16,20)21)12(17)13(11)22-9-3-2-7(14)6-8(9)15/h2-6H,17H2,1H3. The Hall–Kier alpha value is -1.19. The zero-order chi connectivity index (χ0) is 18.3. The molecule has 130 valence electrons. The lowest BCUT2D eigenvalue weighted by Crippen LogP contribution is -2.07. The molecule has 0 atom stereocenters. The Kier molecular flexibility index (Phi) is 5.27. The lowest BCUT2D eigenvalue weighted by Gasteiger charge is -2.15. The maximum Gasteiger partial charge on any atom is 0.263 e. The van der Waals surface area contributed by atoms with Gasteiger partial charge in [0.1, 0.15) is 15.5 Å². The Bertz CT molecular complexity index is 1020. The number of benzene rings is 2. The highest BCUT2D eigenvalue weighted by molar-refractivity contribution is 8.13. The second kappa shape index (κ2) is 6.61. The highest BCUT2D eigenvalue weighted by Crippen LogP contribution is 2.41. The molecule has 2 aromatic rings. The molecule has 11 heteroatoms. The maximum absolute atomic E-state index is 11.9. The van der Waals surface area contributed by atoms with Crippen molar-refractivity contribution in [3.8, 4) is 11.5 Å². The van der Waals surface area contributed by atoms with Crippen molar-refractivity contribution < 1.29 is 21.6 Å². The summed E-state index contributed by atoms with van der Waals surface area (Å²) in [5.41, 5.74) is 5.33. The van der Waals surface area contributed by atoms with Crippen LogP contribution in [0.5, 0.6) is 11.5 Å². The molecule has 0 bridgehead atoms. The predicted octanol–water partition coefficient (Wildman–Crippen LogP) is 3.70. The molecule has 0 aliphatic carbocycles. The number of nitrogens with two attached hydrogens (primary N) is 1. The van der Waals surface area contributed by atoms with Crippen LogP contribution in [0.15, 0.2) is 40.1 Å². The predicted molar refractivity (Wildman–Crippen MR) is 93.5 cm³/mol. The van der Waals surface area contributed by atoms with E-state index in [0.717, 1.165) is 18.4 Å². The number of sulfone groups is 1. The first kappa shape index (κ1) is 19.1. The molecule has 0 aromatic heterocycles. The van der Waals surface area contributed by atoms with Gasteiger partial charge in [0, 0.05) is 22.0 Å². The summed E-state index contributed by atoms with van der Waals surface area (Å²) >= 11 is 11.8. The number of hydrogen-bond acceptors (Lipinski definition) is 6. The first-order valence-corrected chi connectivity index (χ1v) is 11.1. The summed E-state index contributed by atoms with van der Waals surface area (Å²) in [4.78, 5) is -0.785. The topological polar surface area (TPSA) is 104 Å². The van der Waals surface area contributed by atoms with Crippen LogP contribution in [0.4, 0.5) is 5.69 Å². The Balaban J connectivity index is 2.74. The van der Waals surface area contributed by atoms with Crippen LogP contribution in [0.25, 0.3) is 0 Å². The third-order valence-corrected chi connectivity index (χ3v) is 5.92. The number of anilines is 1. The Morgan fingerprint density at radius 3 is 2.08 bits per heavy atom. The normalized spacial score (nSPS) is 12.2. The van der Waals surface area contributed by atoms with Crippen molar-refractivity contribution in [2.24, 2.45) is 0 Å². The summed E-state index contributed by atoms with van der Waals surface area (Å²) in [7, 11) is -2.68. The largest absolute Gasteiger partial charge is 0.452 e. The molecule has 0 aliphatic rings. The summed E-state index contributed by atoms with van der Waals surface area (Å²) in [6.07, 6.45) is 0.924. The molecule has 2 rings (SSSR count). The summed E-state index contributed by atoms with van der Waals surface area (Å²) in [6, 6.07) is 6.25. The van der Waals surface area contributed by atoms with E-state index in [2.05, 4.69) is 0 Å². The minimum Gasteiger partial charge on any atom is -0.452 e. The van der Waals surface area contributed by atoms with Crippen LogP contribution in [-0.4, -0.2) is 23.1 Å². The fourth-order valence-electron chi connectivity index (χ4n) is 1.84. The van der Waals surface area contributed by atoms with Gasteiger partial charge in [-0.3, -0.25) is 0 Å². The molecule has 0 radical (unpaired) electrons. The van der Waals surface area contributed by atoms with E-state index in [1.807, 2.05) is 0 Å².